The van der Waals surface area contributed by atoms with E-state index in [-0.39, 0.29) is 0 Å². The molecule has 0 rings (SSSR count). The topological polar surface area (TPSA) is 37.3 Å². The largest absolute Gasteiger partial charge is 0.481 e. The van der Waals surface area contributed by atoms with Crippen LogP contribution in [0.15, 0.2) is 0 Å². The number of hydrogen-bond donors (Lipinski definition) is 1. The van der Waals surface area contributed by atoms with Gasteiger partial charge in [-0.25, -0.2) is 0 Å². The van der Waals surface area contributed by atoms with Gasteiger partial charge in [0, 0.05) is 6.42 Å². The monoisotopic (exact) mass is 188 g/mol. The Labute approximate surface area is 66.2 Å². The third kappa shape index (κ3) is 4.15. The quantitative estimate of drug-likeness (QED) is 0.685. The van der Waals surface area contributed by atoms with E-state index >= 15 is 0 Å². The molecule has 0 aromatic heterocycles. The van der Waals surface area contributed by atoms with Crippen LogP contribution >= 0.6 is 0 Å². The van der Waals surface area contributed by atoms with E-state index in [1.54, 1.807) is 0 Å². The fraction of sp³-hybridized carbons (Fsp3) is 0.833. The van der Waals surface area contributed by atoms with Crippen molar-refractivity contribution >= 4 is 5.97 Å². The summed E-state index contributed by atoms with van der Waals surface area (Å²) in [6, 6.07) is 0. The first-order valence-corrected chi connectivity index (χ1v) is 3.22. The Morgan fingerprint density at radius 3 is 2.17 bits per heavy atom. The summed E-state index contributed by atoms with van der Waals surface area (Å²) in [6.07, 6.45) is -5.99. The molecular formula is C6H8F4O2. The van der Waals surface area contributed by atoms with Crippen LogP contribution < -0.4 is 0 Å². The molecule has 0 bridgehead atoms. The lowest BCUT2D eigenvalue weighted by molar-refractivity contribution is -0.181. The van der Waals surface area contributed by atoms with Gasteiger partial charge in [0.25, 0.3) is 0 Å². The zero-order valence-corrected chi connectivity index (χ0v) is 6.07. The van der Waals surface area contributed by atoms with Crippen molar-refractivity contribution in [1.29, 1.82) is 0 Å². The third-order valence-electron chi connectivity index (χ3n) is 1.36. The van der Waals surface area contributed by atoms with Crippen molar-refractivity contribution in [1.82, 2.24) is 0 Å². The van der Waals surface area contributed by atoms with Gasteiger partial charge in [-0.3, -0.25) is 9.18 Å². The van der Waals surface area contributed by atoms with Crippen molar-refractivity contribution in [2.75, 3.05) is 6.67 Å². The fourth-order valence-electron chi connectivity index (χ4n) is 0.626. The lowest BCUT2D eigenvalue weighted by Gasteiger charge is -2.15. The maximum absolute atomic E-state index is 11.7. The second kappa shape index (κ2) is 4.27. The molecule has 0 radical (unpaired) electrons. The summed E-state index contributed by atoms with van der Waals surface area (Å²) in [7, 11) is 0. The molecule has 1 N–H and O–H groups in total. The average molecular weight is 188 g/mol. The number of halogens is 4. The van der Waals surface area contributed by atoms with Crippen LogP contribution in [0.5, 0.6) is 0 Å². The minimum absolute atomic E-state index is 0.659. The highest BCUT2D eigenvalue weighted by Gasteiger charge is 2.39. The highest BCUT2D eigenvalue weighted by molar-refractivity contribution is 5.66. The van der Waals surface area contributed by atoms with E-state index in [2.05, 4.69) is 0 Å². The zero-order chi connectivity index (χ0) is 9.78. The van der Waals surface area contributed by atoms with E-state index in [9.17, 15) is 22.4 Å². The molecule has 0 spiro atoms. The van der Waals surface area contributed by atoms with Gasteiger partial charge in [0.05, 0.1) is 5.92 Å². The van der Waals surface area contributed by atoms with E-state index in [1.807, 2.05) is 0 Å². The van der Waals surface area contributed by atoms with Crippen LogP contribution in [0.3, 0.4) is 0 Å². The predicted octanol–water partition coefficient (Wildman–Crippen LogP) is 2.00. The summed E-state index contributed by atoms with van der Waals surface area (Å²) in [4.78, 5) is 9.86. The van der Waals surface area contributed by atoms with Crippen LogP contribution in [0.4, 0.5) is 17.6 Å². The Bertz CT molecular complexity index is 154. The van der Waals surface area contributed by atoms with E-state index in [1.165, 1.54) is 0 Å². The molecule has 2 nitrogen and oxygen atoms in total. The summed E-state index contributed by atoms with van der Waals surface area (Å²) < 4.78 is 46.9. The van der Waals surface area contributed by atoms with Crippen LogP contribution in [-0.2, 0) is 4.79 Å². The van der Waals surface area contributed by atoms with E-state index in [4.69, 9.17) is 5.11 Å². The standard InChI is InChI=1S/C6H8F4O2/c7-3-4(6(8,9)10)1-2-5(11)12/h4H,1-3H2,(H,11,12). The van der Waals surface area contributed by atoms with E-state index in [0.29, 0.717) is 0 Å². The Kier molecular flexibility index (Phi) is 3.99. The van der Waals surface area contributed by atoms with Crippen LogP contribution in [-0.4, -0.2) is 23.9 Å². The molecule has 72 valence electrons. The minimum atomic E-state index is -4.63. The van der Waals surface area contributed by atoms with E-state index in [0.717, 1.165) is 0 Å². The summed E-state index contributed by atoms with van der Waals surface area (Å²) in [5.74, 6) is -3.49. The molecule has 0 fully saturated rings. The number of alkyl halides is 4. The van der Waals surface area contributed by atoms with Gasteiger partial charge >= 0.3 is 12.1 Å². The van der Waals surface area contributed by atoms with Gasteiger partial charge in [0.2, 0.25) is 0 Å². The zero-order valence-electron chi connectivity index (χ0n) is 6.07. The Hall–Kier alpha value is -0.810. The highest BCUT2D eigenvalue weighted by Crippen LogP contribution is 2.29. The van der Waals surface area contributed by atoms with Crippen molar-refractivity contribution in [2.45, 2.75) is 19.0 Å². The van der Waals surface area contributed by atoms with E-state index < -0.39 is 37.6 Å². The van der Waals surface area contributed by atoms with Gasteiger partial charge in [-0.1, -0.05) is 0 Å². The summed E-state index contributed by atoms with van der Waals surface area (Å²) >= 11 is 0. The molecule has 0 heterocycles. The van der Waals surface area contributed by atoms with Crippen LogP contribution in [0.25, 0.3) is 0 Å². The van der Waals surface area contributed by atoms with Gasteiger partial charge in [0.1, 0.15) is 6.67 Å². The molecular weight excluding hydrogens is 180 g/mol. The molecule has 0 aliphatic heterocycles. The molecule has 0 aromatic carbocycles. The highest BCUT2D eigenvalue weighted by atomic mass is 19.4. The number of aliphatic carboxylic acids is 1. The molecule has 0 aromatic rings. The van der Waals surface area contributed by atoms with Crippen molar-refractivity contribution < 1.29 is 27.5 Å². The lowest BCUT2D eigenvalue weighted by Crippen LogP contribution is -2.25. The van der Waals surface area contributed by atoms with Gasteiger partial charge < -0.3 is 5.11 Å². The average Bonchev–Trinajstić information content (AvgIpc) is 1.85. The molecule has 6 heteroatoms. The number of carboxylic acids is 1. The summed E-state index contributed by atoms with van der Waals surface area (Å²) in [6.45, 7) is -1.56. The molecule has 0 amide bonds. The first kappa shape index (κ1) is 11.2. The Balaban J connectivity index is 3.92. The van der Waals surface area contributed by atoms with Crippen molar-refractivity contribution in [3.63, 3.8) is 0 Å². The van der Waals surface area contributed by atoms with Gasteiger partial charge in [-0.15, -0.1) is 0 Å². The summed E-state index contributed by atoms with van der Waals surface area (Å²) in [5, 5.41) is 8.03. The summed E-state index contributed by atoms with van der Waals surface area (Å²) in [5.41, 5.74) is 0. The SMILES string of the molecule is O=C(O)CCC(CF)C(F)(F)F. The Morgan fingerprint density at radius 2 is 1.92 bits per heavy atom. The van der Waals surface area contributed by atoms with Gasteiger partial charge in [0.15, 0.2) is 0 Å². The molecule has 12 heavy (non-hydrogen) atoms. The second-order valence-corrected chi connectivity index (χ2v) is 2.33. The van der Waals surface area contributed by atoms with Crippen molar-refractivity contribution in [3.8, 4) is 0 Å². The second-order valence-electron chi connectivity index (χ2n) is 2.33. The number of hydrogen-bond acceptors (Lipinski definition) is 1. The molecule has 1 unspecified atom stereocenters. The molecule has 1 atom stereocenters. The first-order chi connectivity index (χ1) is 5.38. The smallest absolute Gasteiger partial charge is 0.394 e. The predicted molar refractivity (Wildman–Crippen MR) is 32.4 cm³/mol. The number of carboxylic acid groups (broad SMARTS) is 1. The molecule has 0 saturated carbocycles. The van der Waals surface area contributed by atoms with Crippen LogP contribution in [0.1, 0.15) is 12.8 Å². The maximum atomic E-state index is 11.7. The number of rotatable bonds is 4. The number of carbonyl (C=O) groups is 1. The molecule has 0 aliphatic rings. The minimum Gasteiger partial charge on any atom is -0.481 e. The molecule has 0 saturated heterocycles. The van der Waals surface area contributed by atoms with Crippen LogP contribution in [0, 0.1) is 5.92 Å². The Morgan fingerprint density at radius 1 is 1.42 bits per heavy atom. The third-order valence-corrected chi connectivity index (χ3v) is 1.36. The van der Waals surface area contributed by atoms with Crippen molar-refractivity contribution in [3.05, 3.63) is 0 Å². The first-order valence-electron chi connectivity index (χ1n) is 3.22. The fourth-order valence-corrected chi connectivity index (χ4v) is 0.626. The van der Waals surface area contributed by atoms with Crippen molar-refractivity contribution in [2.24, 2.45) is 5.92 Å². The maximum Gasteiger partial charge on any atom is 0.394 e. The van der Waals surface area contributed by atoms with Crippen LogP contribution in [0.2, 0.25) is 0 Å². The van der Waals surface area contributed by atoms with Gasteiger partial charge in [-0.05, 0) is 6.42 Å². The lowest BCUT2D eigenvalue weighted by atomic mass is 10.0. The molecule has 0 aliphatic carbocycles. The van der Waals surface area contributed by atoms with Gasteiger partial charge in [-0.2, -0.15) is 13.2 Å². The normalized spacial score (nSPS) is 14.3.